The Kier molecular flexibility index (Phi) is 4.32. The molecule has 0 N–H and O–H groups in total. The van der Waals surface area contributed by atoms with Gasteiger partial charge in [-0.05, 0) is 12.1 Å². The third-order valence-electron chi connectivity index (χ3n) is 1.81. The van der Waals surface area contributed by atoms with E-state index >= 15 is 0 Å². The average molecular weight is 282 g/mol. The van der Waals surface area contributed by atoms with E-state index in [0.29, 0.717) is 17.0 Å². The fraction of sp³-hybridized carbons (Fsp3) is 0.273. The van der Waals surface area contributed by atoms with Crippen molar-refractivity contribution < 1.29 is 4.74 Å². The summed E-state index contributed by atoms with van der Waals surface area (Å²) < 4.78 is 5.95. The lowest BCUT2D eigenvalue weighted by molar-refractivity contribution is 0.413. The van der Waals surface area contributed by atoms with Gasteiger partial charge in [-0.1, -0.05) is 15.9 Å². The first-order chi connectivity index (χ1) is 7.58. The van der Waals surface area contributed by atoms with E-state index in [-0.39, 0.29) is 0 Å². The van der Waals surface area contributed by atoms with Crippen molar-refractivity contribution in [3.05, 3.63) is 22.2 Å². The predicted molar refractivity (Wildman–Crippen MR) is 67.2 cm³/mol. The highest BCUT2D eigenvalue weighted by Crippen LogP contribution is 2.32. The van der Waals surface area contributed by atoms with Crippen molar-refractivity contribution in [1.82, 2.24) is 4.90 Å². The molecular formula is C11H12BrN3O. The molecule has 16 heavy (non-hydrogen) atoms. The monoisotopic (exact) mass is 281 g/mol. The number of hydrogen-bond donors (Lipinski definition) is 0. The number of ether oxygens (including phenoxy) is 1. The van der Waals surface area contributed by atoms with Gasteiger partial charge in [-0.25, -0.2) is 4.99 Å². The Morgan fingerprint density at radius 2 is 2.19 bits per heavy atom. The zero-order chi connectivity index (χ0) is 12.1. The Bertz CT molecular complexity index is 449. The Balaban J connectivity index is 3.27. The fourth-order valence-corrected chi connectivity index (χ4v) is 1.55. The second-order valence-electron chi connectivity index (χ2n) is 3.32. The van der Waals surface area contributed by atoms with Gasteiger partial charge in [0.05, 0.1) is 19.1 Å². The van der Waals surface area contributed by atoms with E-state index in [0.717, 1.165) is 4.47 Å². The zero-order valence-electron chi connectivity index (χ0n) is 9.36. The molecule has 0 aliphatic heterocycles. The number of hydrogen-bond acceptors (Lipinski definition) is 3. The minimum absolute atomic E-state index is 0.434. The van der Waals surface area contributed by atoms with Crippen LogP contribution in [0.1, 0.15) is 5.56 Å². The van der Waals surface area contributed by atoms with Crippen molar-refractivity contribution in [3.63, 3.8) is 0 Å². The van der Waals surface area contributed by atoms with Gasteiger partial charge in [0.1, 0.15) is 17.4 Å². The third kappa shape index (κ3) is 2.97. The standard InChI is InChI=1S/C11H12BrN3O/c1-15(2)7-14-10-4-8(12)5-11(16-3)9(10)6-13/h4-5,7H,1-3H3. The topological polar surface area (TPSA) is 48.6 Å². The molecule has 4 nitrogen and oxygen atoms in total. The van der Waals surface area contributed by atoms with Crippen molar-refractivity contribution in [1.29, 1.82) is 5.26 Å². The molecular weight excluding hydrogens is 270 g/mol. The summed E-state index contributed by atoms with van der Waals surface area (Å²) in [6, 6.07) is 5.61. The second-order valence-corrected chi connectivity index (χ2v) is 4.24. The molecule has 0 saturated heterocycles. The summed E-state index contributed by atoms with van der Waals surface area (Å²) in [5.41, 5.74) is 1.02. The van der Waals surface area contributed by atoms with Crippen LogP contribution in [0.5, 0.6) is 5.75 Å². The van der Waals surface area contributed by atoms with E-state index in [9.17, 15) is 0 Å². The number of aliphatic imine (C=N–C) groups is 1. The Morgan fingerprint density at radius 1 is 1.50 bits per heavy atom. The van der Waals surface area contributed by atoms with Crippen LogP contribution in [-0.2, 0) is 0 Å². The molecule has 0 aliphatic rings. The van der Waals surface area contributed by atoms with Crippen LogP contribution in [0.2, 0.25) is 0 Å². The van der Waals surface area contributed by atoms with Gasteiger partial charge in [-0.15, -0.1) is 0 Å². The van der Waals surface area contributed by atoms with Gasteiger partial charge < -0.3 is 9.64 Å². The van der Waals surface area contributed by atoms with Crippen molar-refractivity contribution in [2.75, 3.05) is 21.2 Å². The van der Waals surface area contributed by atoms with E-state index in [2.05, 4.69) is 27.0 Å². The maximum Gasteiger partial charge on any atom is 0.139 e. The lowest BCUT2D eigenvalue weighted by atomic mass is 10.2. The highest BCUT2D eigenvalue weighted by molar-refractivity contribution is 9.10. The lowest BCUT2D eigenvalue weighted by Crippen LogP contribution is -2.07. The molecule has 1 aromatic rings. The molecule has 0 fully saturated rings. The van der Waals surface area contributed by atoms with E-state index in [1.54, 1.807) is 23.4 Å². The highest BCUT2D eigenvalue weighted by atomic mass is 79.9. The van der Waals surface area contributed by atoms with Gasteiger partial charge in [0.15, 0.2) is 0 Å². The first-order valence-corrected chi connectivity index (χ1v) is 5.36. The first kappa shape index (κ1) is 12.5. The largest absolute Gasteiger partial charge is 0.495 e. The Hall–Kier alpha value is -1.54. The van der Waals surface area contributed by atoms with Gasteiger partial charge in [-0.3, -0.25) is 0 Å². The average Bonchev–Trinajstić information content (AvgIpc) is 2.25. The van der Waals surface area contributed by atoms with E-state index < -0.39 is 0 Å². The van der Waals surface area contributed by atoms with Gasteiger partial charge in [0.25, 0.3) is 0 Å². The SMILES string of the molecule is COc1cc(Br)cc(N=CN(C)C)c1C#N. The van der Waals surface area contributed by atoms with E-state index in [1.165, 1.54) is 7.11 Å². The van der Waals surface area contributed by atoms with Crippen LogP contribution in [0, 0.1) is 11.3 Å². The molecule has 0 aliphatic carbocycles. The molecule has 0 radical (unpaired) electrons. The minimum Gasteiger partial charge on any atom is -0.495 e. The normalized spacial score (nSPS) is 10.2. The molecule has 0 unspecified atom stereocenters. The summed E-state index contributed by atoms with van der Waals surface area (Å²) in [6.45, 7) is 0. The lowest BCUT2D eigenvalue weighted by Gasteiger charge is -2.07. The molecule has 0 spiro atoms. The molecule has 5 heteroatoms. The summed E-state index contributed by atoms with van der Waals surface area (Å²) in [5, 5.41) is 9.05. The number of nitriles is 1. The Morgan fingerprint density at radius 3 is 2.69 bits per heavy atom. The smallest absolute Gasteiger partial charge is 0.139 e. The van der Waals surface area contributed by atoms with Gasteiger partial charge in [0.2, 0.25) is 0 Å². The minimum atomic E-state index is 0.434. The summed E-state index contributed by atoms with van der Waals surface area (Å²) >= 11 is 3.35. The number of rotatable bonds is 3. The van der Waals surface area contributed by atoms with Crippen LogP contribution in [0.25, 0.3) is 0 Å². The molecule has 0 amide bonds. The molecule has 0 atom stereocenters. The fourth-order valence-electron chi connectivity index (χ4n) is 1.12. The second kappa shape index (κ2) is 5.52. The maximum atomic E-state index is 9.05. The van der Waals surface area contributed by atoms with E-state index in [4.69, 9.17) is 10.00 Å². The maximum absolute atomic E-state index is 9.05. The van der Waals surface area contributed by atoms with Gasteiger partial charge in [0, 0.05) is 18.6 Å². The third-order valence-corrected chi connectivity index (χ3v) is 2.26. The number of benzene rings is 1. The van der Waals surface area contributed by atoms with Crippen LogP contribution in [0.15, 0.2) is 21.6 Å². The van der Waals surface area contributed by atoms with Crippen molar-refractivity contribution in [2.24, 2.45) is 4.99 Å². The highest BCUT2D eigenvalue weighted by Gasteiger charge is 2.09. The molecule has 1 aromatic carbocycles. The van der Waals surface area contributed by atoms with Crippen molar-refractivity contribution in [3.8, 4) is 11.8 Å². The van der Waals surface area contributed by atoms with E-state index in [1.807, 2.05) is 14.1 Å². The molecule has 1 rings (SSSR count). The molecule has 0 bridgehead atoms. The number of methoxy groups -OCH3 is 1. The first-order valence-electron chi connectivity index (χ1n) is 4.56. The van der Waals surface area contributed by atoms with Gasteiger partial charge >= 0.3 is 0 Å². The van der Waals surface area contributed by atoms with Gasteiger partial charge in [-0.2, -0.15) is 5.26 Å². The molecule has 84 valence electrons. The van der Waals surface area contributed by atoms with Crippen molar-refractivity contribution >= 4 is 28.0 Å². The summed E-state index contributed by atoms with van der Waals surface area (Å²) in [4.78, 5) is 6.01. The van der Waals surface area contributed by atoms with Crippen LogP contribution >= 0.6 is 15.9 Å². The summed E-state index contributed by atoms with van der Waals surface area (Å²) in [7, 11) is 5.26. The number of nitrogens with zero attached hydrogens (tertiary/aromatic N) is 3. The van der Waals surface area contributed by atoms with Crippen LogP contribution in [-0.4, -0.2) is 32.4 Å². The van der Waals surface area contributed by atoms with Crippen LogP contribution < -0.4 is 4.74 Å². The Labute approximate surface area is 103 Å². The zero-order valence-corrected chi connectivity index (χ0v) is 10.9. The predicted octanol–water partition coefficient (Wildman–Crippen LogP) is 2.55. The molecule has 0 heterocycles. The summed E-state index contributed by atoms with van der Waals surface area (Å²) in [6.07, 6.45) is 1.64. The quantitative estimate of drug-likeness (QED) is 0.632. The van der Waals surface area contributed by atoms with Crippen LogP contribution in [0.3, 0.4) is 0 Å². The van der Waals surface area contributed by atoms with Crippen molar-refractivity contribution in [2.45, 2.75) is 0 Å². The van der Waals surface area contributed by atoms with Crippen LogP contribution in [0.4, 0.5) is 5.69 Å². The summed E-state index contributed by atoms with van der Waals surface area (Å²) in [5.74, 6) is 0.516. The molecule has 0 aromatic heterocycles. The molecule has 0 saturated carbocycles. The number of halogens is 1.